The van der Waals surface area contributed by atoms with E-state index in [1.54, 1.807) is 6.07 Å². The van der Waals surface area contributed by atoms with Gasteiger partial charge in [0.2, 0.25) is 0 Å². The minimum Gasteiger partial charge on any atom is -0.386 e. The lowest BCUT2D eigenvalue weighted by molar-refractivity contribution is 0.0733. The van der Waals surface area contributed by atoms with Crippen molar-refractivity contribution in [2.75, 3.05) is 0 Å². The van der Waals surface area contributed by atoms with Crippen molar-refractivity contribution in [3.8, 4) is 0 Å². The first-order chi connectivity index (χ1) is 9.09. The van der Waals surface area contributed by atoms with Gasteiger partial charge in [-0.2, -0.15) is 0 Å². The van der Waals surface area contributed by atoms with Crippen LogP contribution in [-0.4, -0.2) is 16.2 Å². The van der Waals surface area contributed by atoms with Crippen molar-refractivity contribution >= 4 is 0 Å². The van der Waals surface area contributed by atoms with Crippen LogP contribution in [0, 0.1) is 5.82 Å². The number of hydrogen-bond acceptors (Lipinski definition) is 2. The number of fused-ring (bicyclic) bond motifs is 2. The number of benzene rings is 1. The molecule has 0 aromatic heterocycles. The monoisotopic (exact) mass is 263 g/mol. The third kappa shape index (κ3) is 2.09. The number of hydrogen-bond donors (Lipinski definition) is 2. The van der Waals surface area contributed by atoms with E-state index in [2.05, 4.69) is 12.2 Å². The highest BCUT2D eigenvalue weighted by atomic mass is 19.1. The molecule has 2 N–H and O–H groups in total. The van der Waals surface area contributed by atoms with Crippen molar-refractivity contribution < 1.29 is 9.50 Å². The molecular formula is C16H22FNO. The Hall–Kier alpha value is -0.930. The van der Waals surface area contributed by atoms with Gasteiger partial charge in [0.1, 0.15) is 5.82 Å². The zero-order chi connectivity index (χ0) is 13.5. The summed E-state index contributed by atoms with van der Waals surface area (Å²) in [7, 11) is 0. The standard InChI is InChI=1S/C16H22FNO/c1-2-6-15-7-9-16(18-15,10-8-15)14(19)12-4-3-5-13(17)11-12/h3-5,11,14,18-19H,2,6-10H2,1H3. The number of aliphatic hydroxyl groups is 1. The van der Waals surface area contributed by atoms with Gasteiger partial charge in [-0.25, -0.2) is 4.39 Å². The Bertz CT molecular complexity index is 466. The highest BCUT2D eigenvalue weighted by Gasteiger charge is 2.56. The summed E-state index contributed by atoms with van der Waals surface area (Å²) in [5.74, 6) is -0.274. The summed E-state index contributed by atoms with van der Waals surface area (Å²) in [6, 6.07) is 6.38. The molecule has 2 aliphatic rings. The smallest absolute Gasteiger partial charge is 0.123 e. The Balaban J connectivity index is 1.84. The maximum absolute atomic E-state index is 13.3. The SMILES string of the molecule is CCCC12CCC(C(O)c3cccc(F)c3)(CC1)N2. The zero-order valence-corrected chi connectivity index (χ0v) is 11.5. The van der Waals surface area contributed by atoms with Crippen LogP contribution in [0.2, 0.25) is 0 Å². The molecular weight excluding hydrogens is 241 g/mol. The molecule has 3 rings (SSSR count). The lowest BCUT2D eigenvalue weighted by Crippen LogP contribution is -2.46. The van der Waals surface area contributed by atoms with Crippen LogP contribution in [0.4, 0.5) is 4.39 Å². The molecule has 1 aromatic rings. The van der Waals surface area contributed by atoms with Crippen molar-refractivity contribution in [1.29, 1.82) is 0 Å². The fraction of sp³-hybridized carbons (Fsp3) is 0.625. The first-order valence-electron chi connectivity index (χ1n) is 7.32. The molecule has 0 amide bonds. The average Bonchev–Trinajstić information content (AvgIpc) is 2.95. The van der Waals surface area contributed by atoms with Gasteiger partial charge in [0, 0.05) is 11.1 Å². The van der Waals surface area contributed by atoms with Crippen LogP contribution in [0.1, 0.15) is 57.1 Å². The Morgan fingerprint density at radius 2 is 2.05 bits per heavy atom. The second-order valence-corrected chi connectivity index (χ2v) is 6.27. The van der Waals surface area contributed by atoms with Gasteiger partial charge in [0.15, 0.2) is 0 Å². The fourth-order valence-corrected chi connectivity index (χ4v) is 4.08. The molecule has 2 bridgehead atoms. The summed E-state index contributed by atoms with van der Waals surface area (Å²) in [5.41, 5.74) is 0.688. The molecule has 1 aromatic carbocycles. The van der Waals surface area contributed by atoms with E-state index in [1.807, 2.05) is 6.07 Å². The van der Waals surface area contributed by atoms with E-state index in [9.17, 15) is 9.50 Å². The fourth-order valence-electron chi connectivity index (χ4n) is 4.08. The molecule has 2 heterocycles. The molecule has 1 atom stereocenters. The molecule has 1 unspecified atom stereocenters. The summed E-state index contributed by atoms with van der Waals surface area (Å²) in [6.07, 6.45) is 5.98. The van der Waals surface area contributed by atoms with Gasteiger partial charge in [0.05, 0.1) is 6.10 Å². The van der Waals surface area contributed by atoms with Crippen LogP contribution < -0.4 is 5.32 Å². The van der Waals surface area contributed by atoms with Crippen LogP contribution in [-0.2, 0) is 0 Å². The normalized spacial score (nSPS) is 34.7. The average molecular weight is 263 g/mol. The highest BCUT2D eigenvalue weighted by molar-refractivity contribution is 5.26. The van der Waals surface area contributed by atoms with Crippen molar-refractivity contribution in [1.82, 2.24) is 5.32 Å². The van der Waals surface area contributed by atoms with Gasteiger partial charge in [0.25, 0.3) is 0 Å². The van der Waals surface area contributed by atoms with E-state index in [4.69, 9.17) is 0 Å². The van der Waals surface area contributed by atoms with Gasteiger partial charge < -0.3 is 10.4 Å². The highest BCUT2D eigenvalue weighted by Crippen LogP contribution is 2.52. The molecule has 0 aliphatic carbocycles. The van der Waals surface area contributed by atoms with Gasteiger partial charge in [-0.15, -0.1) is 0 Å². The second kappa shape index (κ2) is 4.57. The molecule has 2 aliphatic heterocycles. The Labute approximate surface area is 114 Å². The summed E-state index contributed by atoms with van der Waals surface area (Å²) in [5, 5.41) is 14.4. The van der Waals surface area contributed by atoms with E-state index in [0.29, 0.717) is 5.56 Å². The minimum absolute atomic E-state index is 0.225. The lowest BCUT2D eigenvalue weighted by Gasteiger charge is -2.32. The van der Waals surface area contributed by atoms with Crippen LogP contribution in [0.25, 0.3) is 0 Å². The molecule has 2 saturated heterocycles. The van der Waals surface area contributed by atoms with Gasteiger partial charge in [-0.05, 0) is 49.8 Å². The molecule has 0 saturated carbocycles. The summed E-state index contributed by atoms with van der Waals surface area (Å²) in [4.78, 5) is 0. The molecule has 19 heavy (non-hydrogen) atoms. The molecule has 0 spiro atoms. The predicted octanol–water partition coefficient (Wildman–Crippen LogP) is 3.31. The van der Waals surface area contributed by atoms with Crippen molar-refractivity contribution in [2.45, 2.75) is 62.6 Å². The maximum Gasteiger partial charge on any atom is 0.123 e. The van der Waals surface area contributed by atoms with Gasteiger partial charge >= 0.3 is 0 Å². The van der Waals surface area contributed by atoms with E-state index in [-0.39, 0.29) is 16.9 Å². The minimum atomic E-state index is -0.607. The number of aliphatic hydroxyl groups excluding tert-OH is 1. The molecule has 2 fully saturated rings. The molecule has 104 valence electrons. The Morgan fingerprint density at radius 3 is 2.68 bits per heavy atom. The third-order valence-corrected chi connectivity index (χ3v) is 5.03. The number of nitrogens with one attached hydrogen (secondary N) is 1. The van der Waals surface area contributed by atoms with E-state index in [0.717, 1.165) is 25.7 Å². The van der Waals surface area contributed by atoms with Crippen molar-refractivity contribution in [2.24, 2.45) is 0 Å². The lowest BCUT2D eigenvalue weighted by atomic mass is 9.76. The number of rotatable bonds is 4. The first kappa shape index (κ1) is 13.1. The quantitative estimate of drug-likeness (QED) is 0.873. The topological polar surface area (TPSA) is 32.3 Å². The van der Waals surface area contributed by atoms with E-state index in [1.165, 1.54) is 25.0 Å². The van der Waals surface area contributed by atoms with Crippen molar-refractivity contribution in [3.63, 3.8) is 0 Å². The largest absolute Gasteiger partial charge is 0.386 e. The molecule has 2 nitrogen and oxygen atoms in total. The van der Waals surface area contributed by atoms with Crippen molar-refractivity contribution in [3.05, 3.63) is 35.6 Å². The number of halogens is 1. The van der Waals surface area contributed by atoms with Gasteiger partial charge in [-0.3, -0.25) is 0 Å². The zero-order valence-electron chi connectivity index (χ0n) is 11.5. The Kier molecular flexibility index (Phi) is 3.14. The van der Waals surface area contributed by atoms with Crippen LogP contribution in [0.3, 0.4) is 0 Å². The maximum atomic E-state index is 13.3. The summed E-state index contributed by atoms with van der Waals surface area (Å²) >= 11 is 0. The van der Waals surface area contributed by atoms with Gasteiger partial charge in [-0.1, -0.05) is 25.5 Å². The summed E-state index contributed by atoms with van der Waals surface area (Å²) in [6.45, 7) is 2.21. The predicted molar refractivity (Wildman–Crippen MR) is 73.3 cm³/mol. The van der Waals surface area contributed by atoms with E-state index >= 15 is 0 Å². The van der Waals surface area contributed by atoms with Crippen LogP contribution in [0.15, 0.2) is 24.3 Å². The third-order valence-electron chi connectivity index (χ3n) is 5.03. The molecule has 0 radical (unpaired) electrons. The van der Waals surface area contributed by atoms with E-state index < -0.39 is 6.10 Å². The summed E-state index contributed by atoms with van der Waals surface area (Å²) < 4.78 is 13.3. The van der Waals surface area contributed by atoms with Crippen LogP contribution in [0.5, 0.6) is 0 Å². The Morgan fingerprint density at radius 1 is 1.32 bits per heavy atom. The first-order valence-corrected chi connectivity index (χ1v) is 7.32. The van der Waals surface area contributed by atoms with Crippen LogP contribution >= 0.6 is 0 Å². The second-order valence-electron chi connectivity index (χ2n) is 6.27. The molecule has 3 heteroatoms.